The van der Waals surface area contributed by atoms with Crippen LogP contribution in [0.2, 0.25) is 10.0 Å². The first-order valence-electron chi connectivity index (χ1n) is 3.63. The molecule has 0 spiro atoms. The van der Waals surface area contributed by atoms with Crippen molar-refractivity contribution in [2.24, 2.45) is 0 Å². The Morgan fingerprint density at radius 1 is 1.00 bits per heavy atom. The first-order valence-corrected chi connectivity index (χ1v) is 4.39. The normalized spacial score (nSPS) is 13.0. The van der Waals surface area contributed by atoms with Crippen molar-refractivity contribution in [1.29, 1.82) is 0 Å². The Balaban J connectivity index is 3.22. The van der Waals surface area contributed by atoms with Crippen molar-refractivity contribution in [1.82, 2.24) is 0 Å². The van der Waals surface area contributed by atoms with Gasteiger partial charge >= 0.3 is 6.18 Å². The van der Waals surface area contributed by atoms with Crippen LogP contribution in [0.4, 0.5) is 13.2 Å². The zero-order valence-corrected chi connectivity index (χ0v) is 8.53. The highest BCUT2D eigenvalue weighted by atomic mass is 35.5. The van der Waals surface area contributed by atoms with E-state index in [9.17, 15) is 13.2 Å². The molecule has 0 saturated heterocycles. The van der Waals surface area contributed by atoms with Crippen LogP contribution in [0.3, 0.4) is 0 Å². The van der Waals surface area contributed by atoms with Gasteiger partial charge < -0.3 is 10.2 Å². The fourth-order valence-corrected chi connectivity index (χ4v) is 1.17. The molecular weight excluding hydrogens is 256 g/mol. The Hall–Kier alpha value is -0.490. The molecule has 0 radical (unpaired) electrons. The van der Waals surface area contributed by atoms with Gasteiger partial charge in [0.05, 0.1) is 10.0 Å². The predicted octanol–water partition coefficient (Wildman–Crippen LogP) is 2.69. The Morgan fingerprint density at radius 3 is 1.93 bits per heavy atom. The van der Waals surface area contributed by atoms with Crippen molar-refractivity contribution in [3.8, 4) is 0 Å². The van der Waals surface area contributed by atoms with E-state index in [-0.39, 0.29) is 10.0 Å². The van der Waals surface area contributed by atoms with Gasteiger partial charge in [-0.25, -0.2) is 0 Å². The molecule has 84 valence electrons. The fourth-order valence-electron chi connectivity index (χ4n) is 0.877. The summed E-state index contributed by atoms with van der Waals surface area (Å²) in [6, 6.07) is 2.63. The first kappa shape index (κ1) is 12.6. The van der Waals surface area contributed by atoms with E-state index in [1.807, 2.05) is 0 Å². The van der Waals surface area contributed by atoms with Gasteiger partial charge in [0.2, 0.25) is 0 Å². The summed E-state index contributed by atoms with van der Waals surface area (Å²) in [5, 5.41) is 17.6. The Morgan fingerprint density at radius 2 is 1.53 bits per heavy atom. The van der Waals surface area contributed by atoms with Crippen LogP contribution in [0, 0.1) is 0 Å². The van der Waals surface area contributed by atoms with Gasteiger partial charge in [-0.3, -0.25) is 0 Å². The number of rotatable bonds is 1. The Labute approximate surface area is 92.9 Å². The van der Waals surface area contributed by atoms with Crippen LogP contribution in [0.25, 0.3) is 0 Å². The zero-order valence-electron chi connectivity index (χ0n) is 7.02. The maximum atomic E-state index is 12.2. The van der Waals surface area contributed by atoms with Gasteiger partial charge in [-0.1, -0.05) is 29.3 Å². The number of aliphatic hydroxyl groups is 2. The van der Waals surface area contributed by atoms with Crippen molar-refractivity contribution in [3.05, 3.63) is 33.8 Å². The molecule has 15 heavy (non-hydrogen) atoms. The predicted molar refractivity (Wildman–Crippen MR) is 48.6 cm³/mol. The minimum Gasteiger partial charge on any atom is -0.355 e. The number of halogens is 5. The van der Waals surface area contributed by atoms with Crippen molar-refractivity contribution < 1.29 is 23.4 Å². The van der Waals surface area contributed by atoms with Gasteiger partial charge in [-0.2, -0.15) is 13.2 Å². The van der Waals surface area contributed by atoms with E-state index in [1.165, 1.54) is 0 Å². The molecule has 1 aromatic carbocycles. The van der Waals surface area contributed by atoms with E-state index >= 15 is 0 Å². The summed E-state index contributed by atoms with van der Waals surface area (Å²) in [5.41, 5.74) is -0.788. The average molecular weight is 261 g/mol. The molecule has 0 aliphatic carbocycles. The molecule has 0 bridgehead atoms. The summed E-state index contributed by atoms with van der Waals surface area (Å²) in [4.78, 5) is 0. The highest BCUT2D eigenvalue weighted by Gasteiger charge is 2.54. The number of benzene rings is 1. The first-order chi connectivity index (χ1) is 6.66. The third-order valence-corrected chi connectivity index (χ3v) is 2.46. The summed E-state index contributed by atoms with van der Waals surface area (Å²) >= 11 is 10.9. The lowest BCUT2D eigenvalue weighted by Gasteiger charge is -2.24. The van der Waals surface area contributed by atoms with Crippen LogP contribution in [-0.4, -0.2) is 16.4 Å². The number of hydrogen-bond acceptors (Lipinski definition) is 2. The molecule has 0 amide bonds. The maximum absolute atomic E-state index is 12.2. The maximum Gasteiger partial charge on any atom is 0.447 e. The van der Waals surface area contributed by atoms with Crippen LogP contribution in [-0.2, 0) is 5.79 Å². The summed E-state index contributed by atoms with van der Waals surface area (Å²) in [7, 11) is 0. The summed E-state index contributed by atoms with van der Waals surface area (Å²) < 4.78 is 36.5. The largest absolute Gasteiger partial charge is 0.447 e. The topological polar surface area (TPSA) is 40.5 Å². The standard InChI is InChI=1S/C8H5Cl2F3O2/c9-5-2-1-4(3-6(5)10)7(14,15)8(11,12)13/h1-3,14-15H. The smallest absolute Gasteiger partial charge is 0.355 e. The molecular formula is C8H5Cl2F3O2. The number of alkyl halides is 3. The van der Waals surface area contributed by atoms with E-state index < -0.39 is 17.5 Å². The molecule has 0 unspecified atom stereocenters. The molecule has 0 fully saturated rings. The molecule has 0 aliphatic rings. The highest BCUT2D eigenvalue weighted by Crippen LogP contribution is 2.38. The van der Waals surface area contributed by atoms with Crippen molar-refractivity contribution >= 4 is 23.2 Å². The van der Waals surface area contributed by atoms with Gasteiger partial charge in [0.25, 0.3) is 5.79 Å². The molecule has 7 heteroatoms. The molecule has 0 saturated carbocycles. The average Bonchev–Trinajstić information content (AvgIpc) is 2.07. The Bertz CT molecular complexity index is 377. The van der Waals surface area contributed by atoms with Crippen LogP contribution in [0.15, 0.2) is 18.2 Å². The van der Waals surface area contributed by atoms with Crippen molar-refractivity contribution in [2.75, 3.05) is 0 Å². The second kappa shape index (κ2) is 3.83. The van der Waals surface area contributed by atoms with Crippen molar-refractivity contribution in [2.45, 2.75) is 12.0 Å². The lowest BCUT2D eigenvalue weighted by molar-refractivity contribution is -0.358. The summed E-state index contributed by atoms with van der Waals surface area (Å²) in [6.45, 7) is 0. The van der Waals surface area contributed by atoms with Gasteiger partial charge in [0.15, 0.2) is 0 Å². The van der Waals surface area contributed by atoms with Crippen LogP contribution in [0.1, 0.15) is 5.56 Å². The van der Waals surface area contributed by atoms with E-state index in [4.69, 9.17) is 33.4 Å². The lowest BCUT2D eigenvalue weighted by atomic mass is 10.1. The number of hydrogen-bond donors (Lipinski definition) is 2. The van der Waals surface area contributed by atoms with Gasteiger partial charge in [0, 0.05) is 5.56 Å². The third kappa shape index (κ3) is 2.36. The van der Waals surface area contributed by atoms with E-state index in [1.54, 1.807) is 0 Å². The SMILES string of the molecule is OC(O)(c1ccc(Cl)c(Cl)c1)C(F)(F)F. The second-order valence-corrected chi connectivity index (χ2v) is 3.61. The van der Waals surface area contributed by atoms with E-state index in [2.05, 4.69) is 0 Å². The monoisotopic (exact) mass is 260 g/mol. The second-order valence-electron chi connectivity index (χ2n) is 2.80. The minimum atomic E-state index is -5.20. The van der Waals surface area contributed by atoms with Crippen LogP contribution < -0.4 is 0 Å². The Kier molecular flexibility index (Phi) is 3.21. The fraction of sp³-hybridized carbons (Fsp3) is 0.250. The highest BCUT2D eigenvalue weighted by molar-refractivity contribution is 6.42. The van der Waals surface area contributed by atoms with E-state index in [0.717, 1.165) is 18.2 Å². The summed E-state index contributed by atoms with van der Waals surface area (Å²) in [5.74, 6) is -3.93. The molecule has 2 nitrogen and oxygen atoms in total. The van der Waals surface area contributed by atoms with Gasteiger partial charge in [0.1, 0.15) is 0 Å². The zero-order chi connectivity index (χ0) is 11.9. The van der Waals surface area contributed by atoms with Gasteiger partial charge in [-0.15, -0.1) is 0 Å². The molecule has 1 rings (SSSR count). The molecule has 2 N–H and O–H groups in total. The quantitative estimate of drug-likeness (QED) is 0.763. The molecule has 0 heterocycles. The summed E-state index contributed by atoms with van der Waals surface area (Å²) in [6.07, 6.45) is -5.20. The minimum absolute atomic E-state index is 0.0263. The van der Waals surface area contributed by atoms with Crippen LogP contribution in [0.5, 0.6) is 0 Å². The van der Waals surface area contributed by atoms with E-state index in [0.29, 0.717) is 0 Å². The molecule has 0 aliphatic heterocycles. The van der Waals surface area contributed by atoms with Gasteiger partial charge in [-0.05, 0) is 12.1 Å². The van der Waals surface area contributed by atoms with Crippen LogP contribution >= 0.6 is 23.2 Å². The lowest BCUT2D eigenvalue weighted by Crippen LogP contribution is -2.41. The molecule has 1 aromatic rings. The molecule has 0 aromatic heterocycles. The third-order valence-electron chi connectivity index (χ3n) is 1.72. The molecule has 0 atom stereocenters. The van der Waals surface area contributed by atoms with Crippen molar-refractivity contribution in [3.63, 3.8) is 0 Å².